The fourth-order valence-corrected chi connectivity index (χ4v) is 2.90. The van der Waals surface area contributed by atoms with Gasteiger partial charge in [-0.25, -0.2) is 0 Å². The highest BCUT2D eigenvalue weighted by Gasteiger charge is 2.24. The zero-order valence-corrected chi connectivity index (χ0v) is 11.8. The van der Waals surface area contributed by atoms with Crippen LogP contribution in [0.25, 0.3) is 0 Å². The van der Waals surface area contributed by atoms with Crippen LogP contribution in [-0.4, -0.2) is 37.6 Å². The Bertz CT molecular complexity index is 179. The van der Waals surface area contributed by atoms with Crippen LogP contribution in [0.5, 0.6) is 0 Å². The zero-order chi connectivity index (χ0) is 12.1. The van der Waals surface area contributed by atoms with Gasteiger partial charge in [-0.3, -0.25) is 0 Å². The molecule has 3 unspecified atom stereocenters. The number of nitrogens with zero attached hydrogens (tertiary/aromatic N) is 1. The highest BCUT2D eigenvalue weighted by molar-refractivity contribution is 4.83. The van der Waals surface area contributed by atoms with E-state index in [1.54, 1.807) is 0 Å². The lowest BCUT2D eigenvalue weighted by Gasteiger charge is -2.27. The number of rotatable bonds is 6. The molecule has 0 spiro atoms. The molecular weight excluding hydrogens is 196 g/mol. The average Bonchev–Trinajstić information content (AvgIpc) is 2.48. The quantitative estimate of drug-likeness (QED) is 0.749. The summed E-state index contributed by atoms with van der Waals surface area (Å²) in [6.45, 7) is 8.19. The lowest BCUT2D eigenvalue weighted by atomic mass is 10.0. The Balaban J connectivity index is 2.36. The maximum Gasteiger partial charge on any atom is 0.0199 e. The molecule has 1 aliphatic rings. The molecule has 0 heterocycles. The molecular formula is C14H30N2. The molecule has 1 rings (SSSR count). The Morgan fingerprint density at radius 3 is 2.38 bits per heavy atom. The van der Waals surface area contributed by atoms with Gasteiger partial charge in [-0.2, -0.15) is 0 Å². The van der Waals surface area contributed by atoms with Gasteiger partial charge in [0.2, 0.25) is 0 Å². The van der Waals surface area contributed by atoms with Gasteiger partial charge >= 0.3 is 0 Å². The molecule has 1 fully saturated rings. The van der Waals surface area contributed by atoms with Crippen LogP contribution >= 0.6 is 0 Å². The summed E-state index contributed by atoms with van der Waals surface area (Å²) in [5.41, 5.74) is 0. The largest absolute Gasteiger partial charge is 0.310 e. The Morgan fingerprint density at radius 1 is 1.25 bits per heavy atom. The highest BCUT2D eigenvalue weighted by Crippen LogP contribution is 2.25. The maximum absolute atomic E-state index is 3.87. The van der Waals surface area contributed by atoms with E-state index in [9.17, 15) is 0 Å². The van der Waals surface area contributed by atoms with Crippen LogP contribution in [0.3, 0.4) is 0 Å². The van der Waals surface area contributed by atoms with Crippen molar-refractivity contribution in [2.45, 2.75) is 58.5 Å². The number of hydrogen-bond donors (Lipinski definition) is 1. The molecule has 1 aliphatic carbocycles. The molecule has 96 valence electrons. The number of hydrogen-bond acceptors (Lipinski definition) is 2. The first kappa shape index (κ1) is 14.0. The van der Waals surface area contributed by atoms with Gasteiger partial charge < -0.3 is 10.2 Å². The van der Waals surface area contributed by atoms with E-state index in [1.165, 1.54) is 32.2 Å². The second kappa shape index (κ2) is 6.61. The SMILES string of the molecule is CC(C)CC(CN(C)C)NC1CCC(C)C1. The lowest BCUT2D eigenvalue weighted by Crippen LogP contribution is -2.43. The Labute approximate surface area is 102 Å². The zero-order valence-electron chi connectivity index (χ0n) is 11.8. The van der Waals surface area contributed by atoms with Gasteiger partial charge in [0, 0.05) is 18.6 Å². The van der Waals surface area contributed by atoms with Crippen LogP contribution in [0.15, 0.2) is 0 Å². The van der Waals surface area contributed by atoms with E-state index >= 15 is 0 Å². The van der Waals surface area contributed by atoms with Crippen molar-refractivity contribution in [3.63, 3.8) is 0 Å². The predicted octanol–water partition coefficient (Wildman–Crippen LogP) is 2.74. The molecule has 0 amide bonds. The summed E-state index contributed by atoms with van der Waals surface area (Å²) in [5.74, 6) is 1.72. The monoisotopic (exact) mass is 226 g/mol. The third kappa shape index (κ3) is 5.31. The van der Waals surface area contributed by atoms with Gasteiger partial charge in [-0.05, 0) is 51.6 Å². The molecule has 2 heteroatoms. The second-order valence-electron chi connectivity index (χ2n) is 6.37. The van der Waals surface area contributed by atoms with Crippen LogP contribution in [0, 0.1) is 11.8 Å². The smallest absolute Gasteiger partial charge is 0.0199 e. The van der Waals surface area contributed by atoms with Gasteiger partial charge in [-0.1, -0.05) is 20.8 Å². The first-order valence-corrected chi connectivity index (χ1v) is 6.88. The molecule has 0 bridgehead atoms. The van der Waals surface area contributed by atoms with Crippen molar-refractivity contribution < 1.29 is 0 Å². The maximum atomic E-state index is 3.87. The fraction of sp³-hybridized carbons (Fsp3) is 1.00. The normalized spacial score (nSPS) is 27.9. The van der Waals surface area contributed by atoms with Crippen molar-refractivity contribution >= 4 is 0 Å². The molecule has 2 nitrogen and oxygen atoms in total. The van der Waals surface area contributed by atoms with Crippen molar-refractivity contribution in [1.29, 1.82) is 0 Å². The van der Waals surface area contributed by atoms with Crippen LogP contribution in [0.4, 0.5) is 0 Å². The Morgan fingerprint density at radius 2 is 1.94 bits per heavy atom. The minimum Gasteiger partial charge on any atom is -0.310 e. The molecule has 0 saturated heterocycles. The van der Waals surface area contributed by atoms with Crippen LogP contribution in [-0.2, 0) is 0 Å². The number of nitrogens with one attached hydrogen (secondary N) is 1. The van der Waals surface area contributed by atoms with Gasteiger partial charge in [0.1, 0.15) is 0 Å². The van der Waals surface area contributed by atoms with Crippen molar-refractivity contribution in [3.05, 3.63) is 0 Å². The Kier molecular flexibility index (Phi) is 5.77. The summed E-state index contributed by atoms with van der Waals surface area (Å²) < 4.78 is 0. The average molecular weight is 226 g/mol. The third-order valence-corrected chi connectivity index (χ3v) is 3.51. The van der Waals surface area contributed by atoms with Gasteiger partial charge in [0.05, 0.1) is 0 Å². The third-order valence-electron chi connectivity index (χ3n) is 3.51. The van der Waals surface area contributed by atoms with Crippen molar-refractivity contribution in [2.75, 3.05) is 20.6 Å². The van der Waals surface area contributed by atoms with Crippen LogP contribution < -0.4 is 5.32 Å². The van der Waals surface area contributed by atoms with Crippen molar-refractivity contribution in [2.24, 2.45) is 11.8 Å². The Hall–Kier alpha value is -0.0800. The predicted molar refractivity (Wildman–Crippen MR) is 71.7 cm³/mol. The fourth-order valence-electron chi connectivity index (χ4n) is 2.90. The summed E-state index contributed by atoms with van der Waals surface area (Å²) in [7, 11) is 4.35. The molecule has 0 aliphatic heterocycles. The summed E-state index contributed by atoms with van der Waals surface area (Å²) >= 11 is 0. The van der Waals surface area contributed by atoms with E-state index in [2.05, 4.69) is 45.1 Å². The van der Waals surface area contributed by atoms with E-state index in [-0.39, 0.29) is 0 Å². The van der Waals surface area contributed by atoms with Crippen LogP contribution in [0.2, 0.25) is 0 Å². The molecule has 16 heavy (non-hydrogen) atoms. The minimum absolute atomic E-state index is 0.672. The van der Waals surface area contributed by atoms with E-state index < -0.39 is 0 Å². The number of likely N-dealkylation sites (N-methyl/N-ethyl adjacent to an activating group) is 1. The standard InChI is InChI=1S/C14H30N2/c1-11(2)8-14(10-16(4)5)15-13-7-6-12(3)9-13/h11-15H,6-10H2,1-5H3. The van der Waals surface area contributed by atoms with Gasteiger partial charge in [0.15, 0.2) is 0 Å². The molecule has 1 saturated carbocycles. The summed E-state index contributed by atoms with van der Waals surface area (Å²) in [6.07, 6.45) is 5.46. The minimum atomic E-state index is 0.672. The summed E-state index contributed by atoms with van der Waals surface area (Å²) in [4.78, 5) is 2.30. The molecule has 3 atom stereocenters. The summed E-state index contributed by atoms with van der Waals surface area (Å²) in [6, 6.07) is 1.45. The second-order valence-corrected chi connectivity index (χ2v) is 6.37. The molecule has 0 aromatic heterocycles. The molecule has 0 aromatic rings. The first-order chi connectivity index (χ1) is 7.47. The van der Waals surface area contributed by atoms with Crippen molar-refractivity contribution in [1.82, 2.24) is 10.2 Å². The van der Waals surface area contributed by atoms with E-state index in [0.717, 1.165) is 17.9 Å². The molecule has 0 radical (unpaired) electrons. The topological polar surface area (TPSA) is 15.3 Å². The van der Waals surface area contributed by atoms with E-state index in [1.807, 2.05) is 0 Å². The van der Waals surface area contributed by atoms with Gasteiger partial charge in [0.25, 0.3) is 0 Å². The first-order valence-electron chi connectivity index (χ1n) is 6.88. The lowest BCUT2D eigenvalue weighted by molar-refractivity contribution is 0.284. The van der Waals surface area contributed by atoms with Gasteiger partial charge in [-0.15, -0.1) is 0 Å². The molecule has 1 N–H and O–H groups in total. The molecule has 0 aromatic carbocycles. The van der Waals surface area contributed by atoms with Crippen LogP contribution in [0.1, 0.15) is 46.5 Å². The summed E-state index contributed by atoms with van der Waals surface area (Å²) in [5, 5.41) is 3.87. The van der Waals surface area contributed by atoms with E-state index in [4.69, 9.17) is 0 Å². The van der Waals surface area contributed by atoms with E-state index in [0.29, 0.717) is 6.04 Å². The highest BCUT2D eigenvalue weighted by atomic mass is 15.1. The van der Waals surface area contributed by atoms with Crippen molar-refractivity contribution in [3.8, 4) is 0 Å².